The Labute approximate surface area is 166 Å². The first kappa shape index (κ1) is 19.2. The van der Waals surface area contributed by atoms with Crippen LogP contribution in [0, 0.1) is 0 Å². The zero-order valence-electron chi connectivity index (χ0n) is 15.8. The Morgan fingerprint density at radius 1 is 1.04 bits per heavy atom. The van der Waals surface area contributed by atoms with Crippen molar-refractivity contribution in [3.63, 3.8) is 0 Å². The van der Waals surface area contributed by atoms with Crippen LogP contribution in [0.3, 0.4) is 0 Å². The molecule has 0 radical (unpaired) electrons. The number of hydrogen-bond donors (Lipinski definition) is 0. The quantitative estimate of drug-likeness (QED) is 0.582. The number of methoxy groups -OCH3 is 3. The minimum Gasteiger partial charge on any atom is -0.493 e. The van der Waals surface area contributed by atoms with E-state index in [2.05, 4.69) is 21.8 Å². The van der Waals surface area contributed by atoms with Gasteiger partial charge in [-0.1, -0.05) is 6.07 Å². The van der Waals surface area contributed by atoms with E-state index in [1.54, 1.807) is 51.1 Å². The van der Waals surface area contributed by atoms with E-state index in [-0.39, 0.29) is 0 Å². The van der Waals surface area contributed by atoms with Crippen LogP contribution in [0.25, 0.3) is 10.6 Å². The average Bonchev–Trinajstić information content (AvgIpc) is 3.36. The number of thiophene rings is 1. The number of benzene rings is 1. The second kappa shape index (κ2) is 8.41. The number of nitrogens with zero attached hydrogens (tertiary/aromatic N) is 3. The molecule has 0 aliphatic rings. The Hall–Kier alpha value is -2.58. The van der Waals surface area contributed by atoms with Gasteiger partial charge in [-0.25, -0.2) is 4.68 Å². The monoisotopic (exact) mass is 403 g/mol. The van der Waals surface area contributed by atoms with Crippen molar-refractivity contribution in [2.75, 3.05) is 28.4 Å². The standard InChI is InChI=1S/C19H21N3O3S2/c1-12(13-9-15(23-3)18(25-5)16(10-13)24-4)21-22-14(11-27-19(22)20-2)17-7-6-8-26-17/h6-11H,1-5H3. The highest BCUT2D eigenvalue weighted by atomic mass is 32.1. The first-order valence-electron chi connectivity index (χ1n) is 8.16. The molecule has 0 bridgehead atoms. The largest absolute Gasteiger partial charge is 0.493 e. The number of hydrogen-bond acceptors (Lipinski definition) is 7. The van der Waals surface area contributed by atoms with E-state index >= 15 is 0 Å². The molecular formula is C19H21N3O3S2. The highest BCUT2D eigenvalue weighted by Gasteiger charge is 2.15. The lowest BCUT2D eigenvalue weighted by Crippen LogP contribution is -2.13. The van der Waals surface area contributed by atoms with Gasteiger partial charge in [-0.2, -0.15) is 5.10 Å². The van der Waals surface area contributed by atoms with E-state index in [0.29, 0.717) is 17.2 Å². The summed E-state index contributed by atoms with van der Waals surface area (Å²) in [5.41, 5.74) is 2.70. The van der Waals surface area contributed by atoms with Crippen molar-refractivity contribution in [3.05, 3.63) is 45.4 Å². The van der Waals surface area contributed by atoms with Gasteiger partial charge in [0.1, 0.15) is 0 Å². The van der Waals surface area contributed by atoms with Gasteiger partial charge >= 0.3 is 0 Å². The van der Waals surface area contributed by atoms with Crippen LogP contribution in [0.2, 0.25) is 0 Å². The van der Waals surface area contributed by atoms with Crippen molar-refractivity contribution in [2.45, 2.75) is 6.92 Å². The Morgan fingerprint density at radius 2 is 1.74 bits per heavy atom. The van der Waals surface area contributed by atoms with Crippen LogP contribution in [0.5, 0.6) is 17.2 Å². The third-order valence-corrected chi connectivity index (χ3v) is 5.78. The third kappa shape index (κ3) is 3.77. The predicted octanol–water partition coefficient (Wildman–Crippen LogP) is 4.11. The van der Waals surface area contributed by atoms with Gasteiger partial charge in [0.05, 0.1) is 37.6 Å². The van der Waals surface area contributed by atoms with Gasteiger partial charge in [0.15, 0.2) is 11.5 Å². The third-order valence-electron chi connectivity index (χ3n) is 3.98. The summed E-state index contributed by atoms with van der Waals surface area (Å²) in [6.07, 6.45) is 0. The second-order valence-electron chi connectivity index (χ2n) is 5.52. The molecule has 8 heteroatoms. The van der Waals surface area contributed by atoms with E-state index in [1.165, 1.54) is 0 Å². The first-order valence-corrected chi connectivity index (χ1v) is 9.92. The summed E-state index contributed by atoms with van der Waals surface area (Å²) in [6.45, 7) is 1.95. The van der Waals surface area contributed by atoms with Gasteiger partial charge in [0.25, 0.3) is 0 Å². The van der Waals surface area contributed by atoms with Gasteiger partial charge in [-0.05, 0) is 30.5 Å². The van der Waals surface area contributed by atoms with Crippen LogP contribution in [0.4, 0.5) is 0 Å². The summed E-state index contributed by atoms with van der Waals surface area (Å²) in [6, 6.07) is 7.88. The first-order chi connectivity index (χ1) is 13.1. The minimum atomic E-state index is 0.559. The molecule has 2 aromatic heterocycles. The SMILES string of the molecule is CN=c1scc(-c2cccs2)n1N=C(C)c1cc(OC)c(OC)c(OC)c1. The number of ether oxygens (including phenoxy) is 3. The molecule has 0 aliphatic carbocycles. The zero-order valence-corrected chi connectivity index (χ0v) is 17.5. The van der Waals surface area contributed by atoms with E-state index in [0.717, 1.165) is 26.6 Å². The van der Waals surface area contributed by atoms with Crippen LogP contribution < -0.4 is 19.0 Å². The van der Waals surface area contributed by atoms with Gasteiger partial charge in [-0.3, -0.25) is 4.99 Å². The zero-order chi connectivity index (χ0) is 19.4. The fourth-order valence-corrected chi connectivity index (χ4v) is 4.23. The molecule has 0 saturated heterocycles. The Balaban J connectivity index is 2.13. The molecule has 0 saturated carbocycles. The molecule has 0 amide bonds. The fourth-order valence-electron chi connectivity index (χ4n) is 2.64. The molecular weight excluding hydrogens is 382 g/mol. The topological polar surface area (TPSA) is 57.3 Å². The summed E-state index contributed by atoms with van der Waals surface area (Å²) in [7, 11) is 6.56. The van der Waals surface area contributed by atoms with E-state index in [4.69, 9.17) is 19.3 Å². The summed E-state index contributed by atoms with van der Waals surface area (Å²) in [5.74, 6) is 1.74. The van der Waals surface area contributed by atoms with Gasteiger partial charge in [0.2, 0.25) is 10.6 Å². The molecule has 1 aromatic carbocycles. The van der Waals surface area contributed by atoms with E-state index in [9.17, 15) is 0 Å². The average molecular weight is 404 g/mol. The second-order valence-corrected chi connectivity index (χ2v) is 7.30. The molecule has 27 heavy (non-hydrogen) atoms. The predicted molar refractivity (Wildman–Crippen MR) is 111 cm³/mol. The van der Waals surface area contributed by atoms with Crippen molar-refractivity contribution < 1.29 is 14.2 Å². The molecule has 0 atom stereocenters. The van der Waals surface area contributed by atoms with Crippen molar-refractivity contribution >= 4 is 28.4 Å². The molecule has 0 fully saturated rings. The Kier molecular flexibility index (Phi) is 5.98. The Bertz CT molecular complexity index is 992. The maximum atomic E-state index is 5.45. The van der Waals surface area contributed by atoms with Crippen LogP contribution in [0.15, 0.2) is 45.1 Å². The van der Waals surface area contributed by atoms with Crippen molar-refractivity contribution in [1.82, 2.24) is 4.68 Å². The van der Waals surface area contributed by atoms with Gasteiger partial charge < -0.3 is 14.2 Å². The van der Waals surface area contributed by atoms with Gasteiger partial charge in [-0.15, -0.1) is 22.7 Å². The molecule has 0 aliphatic heterocycles. The molecule has 142 valence electrons. The molecule has 3 aromatic rings. The number of aromatic nitrogens is 1. The molecule has 0 N–H and O–H groups in total. The van der Waals surface area contributed by atoms with Crippen LogP contribution in [-0.4, -0.2) is 38.8 Å². The van der Waals surface area contributed by atoms with Crippen molar-refractivity contribution in [2.24, 2.45) is 10.1 Å². The number of rotatable bonds is 6. The summed E-state index contributed by atoms with van der Waals surface area (Å²) in [4.78, 5) is 6.32. The fraction of sp³-hybridized carbons (Fsp3) is 0.263. The minimum absolute atomic E-state index is 0.559. The van der Waals surface area contributed by atoms with Crippen LogP contribution >= 0.6 is 22.7 Å². The highest BCUT2D eigenvalue weighted by molar-refractivity contribution is 7.14. The highest BCUT2D eigenvalue weighted by Crippen LogP contribution is 2.38. The lowest BCUT2D eigenvalue weighted by Gasteiger charge is -2.14. The maximum Gasteiger partial charge on any atom is 0.205 e. The summed E-state index contributed by atoms with van der Waals surface area (Å²) < 4.78 is 18.2. The lowest BCUT2D eigenvalue weighted by molar-refractivity contribution is 0.324. The van der Waals surface area contributed by atoms with Crippen molar-refractivity contribution in [1.29, 1.82) is 0 Å². The molecule has 0 unspecified atom stereocenters. The molecule has 6 nitrogen and oxygen atoms in total. The van der Waals surface area contributed by atoms with E-state index < -0.39 is 0 Å². The smallest absolute Gasteiger partial charge is 0.205 e. The van der Waals surface area contributed by atoms with Crippen molar-refractivity contribution in [3.8, 4) is 27.8 Å². The Morgan fingerprint density at radius 3 is 2.26 bits per heavy atom. The van der Waals surface area contributed by atoms with Crippen LogP contribution in [0.1, 0.15) is 12.5 Å². The summed E-state index contributed by atoms with van der Waals surface area (Å²) >= 11 is 3.23. The van der Waals surface area contributed by atoms with Crippen LogP contribution in [-0.2, 0) is 0 Å². The summed E-state index contributed by atoms with van der Waals surface area (Å²) in [5, 5.41) is 8.95. The number of thiazole rings is 1. The maximum absolute atomic E-state index is 5.45. The van der Waals surface area contributed by atoms with E-state index in [1.807, 2.05) is 29.8 Å². The lowest BCUT2D eigenvalue weighted by atomic mass is 10.1. The normalized spacial score (nSPS) is 12.3. The molecule has 3 rings (SSSR count). The molecule has 2 heterocycles. The molecule has 0 spiro atoms. The van der Waals surface area contributed by atoms with Gasteiger partial charge in [0, 0.05) is 18.0 Å².